The second-order valence-corrected chi connectivity index (χ2v) is 6.87. The summed E-state index contributed by atoms with van der Waals surface area (Å²) in [5, 5.41) is 6.56. The van der Waals surface area contributed by atoms with Crippen molar-refractivity contribution >= 4 is 35.9 Å². The van der Waals surface area contributed by atoms with Crippen molar-refractivity contribution in [3.8, 4) is 0 Å². The Kier molecular flexibility index (Phi) is 9.54. The number of hydrogen-bond donors (Lipinski definition) is 2. The third-order valence-electron chi connectivity index (χ3n) is 4.58. The number of carbonyl (C=O) groups is 1. The number of carbonyl (C=O) groups excluding carboxylic acids is 1. The molecule has 1 aromatic rings. The van der Waals surface area contributed by atoms with Crippen LogP contribution in [0.15, 0.2) is 15.5 Å². The molecule has 0 unspecified atom stereocenters. The fourth-order valence-electron chi connectivity index (χ4n) is 2.92. The average Bonchev–Trinajstić information content (AvgIpc) is 3.02. The first-order chi connectivity index (χ1) is 12.4. The fraction of sp³-hybridized carbons (Fsp3) is 0.667. The van der Waals surface area contributed by atoms with E-state index in [4.69, 9.17) is 13.9 Å². The van der Waals surface area contributed by atoms with Crippen LogP contribution in [-0.2, 0) is 16.0 Å². The lowest BCUT2D eigenvalue weighted by Crippen LogP contribution is -2.56. The maximum Gasteiger partial charge on any atom is 0.341 e. The first-order valence-corrected chi connectivity index (χ1v) is 8.82. The predicted molar refractivity (Wildman–Crippen MR) is 115 cm³/mol. The Hall–Kier alpha value is -1.33. The molecule has 0 aromatic carbocycles. The van der Waals surface area contributed by atoms with Gasteiger partial charge in [-0.1, -0.05) is 0 Å². The number of aryl methyl sites for hydroxylation is 1. The first kappa shape index (κ1) is 23.7. The van der Waals surface area contributed by atoms with Crippen molar-refractivity contribution in [2.75, 3.05) is 47.0 Å². The smallest absolute Gasteiger partial charge is 0.341 e. The number of rotatable bonds is 6. The molecule has 8 nitrogen and oxygen atoms in total. The lowest BCUT2D eigenvalue weighted by Gasteiger charge is -2.41. The number of halogens is 1. The molecule has 154 valence electrons. The van der Waals surface area contributed by atoms with E-state index >= 15 is 0 Å². The molecule has 2 rings (SSSR count). The Morgan fingerprint density at radius 2 is 2.00 bits per heavy atom. The highest BCUT2D eigenvalue weighted by atomic mass is 127. The summed E-state index contributed by atoms with van der Waals surface area (Å²) >= 11 is 0. The van der Waals surface area contributed by atoms with Crippen LogP contribution in [0.5, 0.6) is 0 Å². The quantitative estimate of drug-likeness (QED) is 0.270. The second kappa shape index (κ2) is 10.9. The molecule has 0 spiro atoms. The van der Waals surface area contributed by atoms with Crippen LogP contribution in [0, 0.1) is 6.92 Å². The number of nitrogens with one attached hydrogen (secondary N) is 2. The standard InChI is InChI=1S/C18H30N4O4.HI/c1-13-15(16(23)24-5)10-14(26-13)11-20-17(19-4)21-12-18(2,3)22-6-8-25-9-7-22;/h10H,6-9,11-12H2,1-5H3,(H2,19,20,21);1H. The van der Waals surface area contributed by atoms with Crippen molar-refractivity contribution in [2.24, 2.45) is 4.99 Å². The van der Waals surface area contributed by atoms with Crippen molar-refractivity contribution in [3.63, 3.8) is 0 Å². The maximum atomic E-state index is 11.7. The summed E-state index contributed by atoms with van der Waals surface area (Å²) < 4.78 is 15.8. The van der Waals surface area contributed by atoms with E-state index in [2.05, 4.69) is 34.4 Å². The molecule has 1 aliphatic rings. The van der Waals surface area contributed by atoms with Crippen LogP contribution < -0.4 is 10.6 Å². The Balaban J connectivity index is 0.00000364. The summed E-state index contributed by atoms with van der Waals surface area (Å²) in [6, 6.07) is 1.69. The number of nitrogens with zero attached hydrogens (tertiary/aromatic N) is 2. The minimum atomic E-state index is -0.396. The number of methoxy groups -OCH3 is 1. The highest BCUT2D eigenvalue weighted by molar-refractivity contribution is 14.0. The van der Waals surface area contributed by atoms with Crippen molar-refractivity contribution < 1.29 is 18.7 Å². The van der Waals surface area contributed by atoms with Crippen LogP contribution in [-0.4, -0.2) is 69.4 Å². The molecule has 0 radical (unpaired) electrons. The molecular formula is C18H31IN4O4. The van der Waals surface area contributed by atoms with Gasteiger partial charge in [0, 0.05) is 32.2 Å². The molecule has 1 aliphatic heterocycles. The summed E-state index contributed by atoms with van der Waals surface area (Å²) in [5.74, 6) is 1.48. The van der Waals surface area contributed by atoms with E-state index in [0.29, 0.717) is 29.6 Å². The molecule has 0 atom stereocenters. The number of furan rings is 1. The zero-order chi connectivity index (χ0) is 19.2. The van der Waals surface area contributed by atoms with Crippen LogP contribution >= 0.6 is 24.0 Å². The van der Waals surface area contributed by atoms with E-state index in [1.165, 1.54) is 7.11 Å². The summed E-state index contributed by atoms with van der Waals surface area (Å²) in [6.07, 6.45) is 0. The average molecular weight is 494 g/mol. The van der Waals surface area contributed by atoms with Crippen LogP contribution in [0.4, 0.5) is 0 Å². The summed E-state index contributed by atoms with van der Waals surface area (Å²) in [5.41, 5.74) is 0.432. The third-order valence-corrected chi connectivity index (χ3v) is 4.58. The number of guanidine groups is 1. The Morgan fingerprint density at radius 3 is 2.59 bits per heavy atom. The van der Waals surface area contributed by atoms with Crippen molar-refractivity contribution in [1.82, 2.24) is 15.5 Å². The number of hydrogen-bond acceptors (Lipinski definition) is 6. The second-order valence-electron chi connectivity index (χ2n) is 6.87. The zero-order valence-corrected chi connectivity index (χ0v) is 19.1. The normalized spacial score (nSPS) is 15.8. The van der Waals surface area contributed by atoms with E-state index in [9.17, 15) is 4.79 Å². The Morgan fingerprint density at radius 1 is 1.33 bits per heavy atom. The Bertz CT molecular complexity index is 639. The van der Waals surface area contributed by atoms with Gasteiger partial charge in [-0.15, -0.1) is 24.0 Å². The van der Waals surface area contributed by atoms with E-state index in [0.717, 1.165) is 32.8 Å². The largest absolute Gasteiger partial charge is 0.465 e. The molecule has 2 N–H and O–H groups in total. The summed E-state index contributed by atoms with van der Waals surface area (Å²) in [7, 11) is 3.08. The molecule has 2 heterocycles. The minimum Gasteiger partial charge on any atom is -0.465 e. The van der Waals surface area contributed by atoms with Gasteiger partial charge in [-0.05, 0) is 26.8 Å². The fourth-order valence-corrected chi connectivity index (χ4v) is 2.92. The third kappa shape index (κ3) is 6.65. The van der Waals surface area contributed by atoms with Crippen LogP contribution in [0.2, 0.25) is 0 Å². The first-order valence-electron chi connectivity index (χ1n) is 8.82. The summed E-state index contributed by atoms with van der Waals surface area (Å²) in [4.78, 5) is 18.3. The van der Waals surface area contributed by atoms with Gasteiger partial charge in [0.25, 0.3) is 0 Å². The Labute approximate surface area is 178 Å². The molecule has 1 aromatic heterocycles. The monoisotopic (exact) mass is 494 g/mol. The van der Waals surface area contributed by atoms with Crippen LogP contribution in [0.3, 0.4) is 0 Å². The molecular weight excluding hydrogens is 463 g/mol. The van der Waals surface area contributed by atoms with Gasteiger partial charge in [-0.25, -0.2) is 4.79 Å². The SMILES string of the molecule is CN=C(NCc1cc(C(=O)OC)c(C)o1)NCC(C)(C)N1CCOCC1.I. The number of ether oxygens (including phenoxy) is 2. The van der Waals surface area contributed by atoms with Gasteiger partial charge in [0.2, 0.25) is 0 Å². The van der Waals surface area contributed by atoms with Gasteiger partial charge in [-0.3, -0.25) is 9.89 Å². The van der Waals surface area contributed by atoms with Crippen LogP contribution in [0.25, 0.3) is 0 Å². The summed E-state index contributed by atoms with van der Waals surface area (Å²) in [6.45, 7) is 10.7. The predicted octanol–water partition coefficient (Wildman–Crippen LogP) is 1.77. The number of aliphatic imine (C=N–C) groups is 1. The topological polar surface area (TPSA) is 88.3 Å². The molecule has 0 saturated carbocycles. The molecule has 0 bridgehead atoms. The minimum absolute atomic E-state index is 0. The molecule has 9 heteroatoms. The van der Waals surface area contributed by atoms with E-state index < -0.39 is 5.97 Å². The molecule has 0 aliphatic carbocycles. The number of esters is 1. The van der Waals surface area contributed by atoms with Crippen molar-refractivity contribution in [2.45, 2.75) is 32.9 Å². The molecule has 0 amide bonds. The van der Waals surface area contributed by atoms with Crippen molar-refractivity contribution in [3.05, 3.63) is 23.2 Å². The molecule has 1 saturated heterocycles. The van der Waals surface area contributed by atoms with Gasteiger partial charge in [-0.2, -0.15) is 0 Å². The van der Waals surface area contributed by atoms with E-state index in [1.54, 1.807) is 20.0 Å². The lowest BCUT2D eigenvalue weighted by molar-refractivity contribution is -0.00834. The molecule has 27 heavy (non-hydrogen) atoms. The zero-order valence-electron chi connectivity index (χ0n) is 16.8. The van der Waals surface area contributed by atoms with E-state index in [1.807, 2.05) is 0 Å². The van der Waals surface area contributed by atoms with E-state index in [-0.39, 0.29) is 29.5 Å². The van der Waals surface area contributed by atoms with Crippen LogP contribution in [0.1, 0.15) is 35.7 Å². The van der Waals surface area contributed by atoms with Gasteiger partial charge < -0.3 is 24.5 Å². The van der Waals surface area contributed by atoms with Gasteiger partial charge in [0.15, 0.2) is 5.96 Å². The highest BCUT2D eigenvalue weighted by Gasteiger charge is 2.28. The van der Waals surface area contributed by atoms with Gasteiger partial charge >= 0.3 is 5.97 Å². The van der Waals surface area contributed by atoms with Crippen molar-refractivity contribution in [1.29, 1.82) is 0 Å². The van der Waals surface area contributed by atoms with Gasteiger partial charge in [0.05, 0.1) is 26.9 Å². The highest BCUT2D eigenvalue weighted by Crippen LogP contribution is 2.16. The number of morpholine rings is 1. The molecule has 1 fully saturated rings. The van der Waals surface area contributed by atoms with Gasteiger partial charge in [0.1, 0.15) is 17.1 Å². The lowest BCUT2D eigenvalue weighted by atomic mass is 10.0. The maximum absolute atomic E-state index is 11.7.